The van der Waals surface area contributed by atoms with E-state index in [1.54, 1.807) is 4.90 Å². The molecule has 0 aromatic heterocycles. The van der Waals surface area contributed by atoms with Crippen LogP contribution in [0.25, 0.3) is 10.8 Å². The topological polar surface area (TPSA) is 88.1 Å². The molecule has 2 atom stereocenters. The first-order chi connectivity index (χ1) is 13.9. The number of ether oxygens (including phenoxy) is 2. The molecule has 0 aliphatic rings. The molecule has 7 heteroatoms. The molecule has 7 nitrogen and oxygen atoms in total. The molecule has 0 saturated carbocycles. The minimum Gasteiger partial charge on any atom is -0.465 e. The van der Waals surface area contributed by atoms with Crippen molar-refractivity contribution in [2.45, 2.75) is 52.6 Å². The fraction of sp³-hybridized carbons (Fsp3) is 0.455. The summed E-state index contributed by atoms with van der Waals surface area (Å²) in [6.45, 7) is 8.31. The normalized spacial score (nSPS) is 13.3. The highest BCUT2D eigenvalue weighted by Gasteiger charge is 2.32. The second kappa shape index (κ2) is 10.8. The van der Waals surface area contributed by atoms with E-state index < -0.39 is 24.5 Å². The van der Waals surface area contributed by atoms with Gasteiger partial charge in [-0.3, -0.25) is 4.79 Å². The van der Waals surface area contributed by atoms with Crippen LogP contribution in [0.15, 0.2) is 42.5 Å². The lowest BCUT2D eigenvalue weighted by Crippen LogP contribution is -2.53. The molecule has 0 spiro atoms. The summed E-state index contributed by atoms with van der Waals surface area (Å²) in [6, 6.07) is 12.6. The van der Waals surface area contributed by atoms with Crippen molar-refractivity contribution in [2.75, 3.05) is 13.2 Å². The van der Waals surface area contributed by atoms with E-state index >= 15 is 0 Å². The number of carboxylic acid groups (broad SMARTS) is 1. The zero-order valence-corrected chi connectivity index (χ0v) is 17.4. The van der Waals surface area contributed by atoms with Gasteiger partial charge in [-0.25, -0.2) is 4.79 Å². The number of amides is 2. The Balaban J connectivity index is 2.39. The van der Waals surface area contributed by atoms with Gasteiger partial charge in [-0.2, -0.15) is 0 Å². The van der Waals surface area contributed by atoms with Crippen LogP contribution in [-0.2, 0) is 20.8 Å². The van der Waals surface area contributed by atoms with E-state index in [0.717, 1.165) is 16.3 Å². The number of carbonyl (C=O) groups excluding carboxylic acids is 1. The summed E-state index contributed by atoms with van der Waals surface area (Å²) in [7, 11) is 0. The first-order valence-corrected chi connectivity index (χ1v) is 9.88. The molecule has 2 aromatic rings. The molecule has 158 valence electrons. The van der Waals surface area contributed by atoms with Crippen molar-refractivity contribution in [3.05, 3.63) is 48.0 Å². The lowest BCUT2D eigenvalue weighted by molar-refractivity contribution is -0.179. The van der Waals surface area contributed by atoms with Gasteiger partial charge in [0.1, 0.15) is 6.04 Å². The van der Waals surface area contributed by atoms with Crippen molar-refractivity contribution in [3.63, 3.8) is 0 Å². The van der Waals surface area contributed by atoms with Gasteiger partial charge in [0.25, 0.3) is 0 Å². The van der Waals surface area contributed by atoms with E-state index in [1.807, 2.05) is 63.2 Å². The van der Waals surface area contributed by atoms with Gasteiger partial charge in [0.05, 0.1) is 6.04 Å². The molecule has 0 saturated heterocycles. The average molecular weight is 402 g/mol. The van der Waals surface area contributed by atoms with Crippen molar-refractivity contribution >= 4 is 22.8 Å². The third-order valence-corrected chi connectivity index (χ3v) is 4.76. The molecule has 2 N–H and O–H groups in total. The van der Waals surface area contributed by atoms with Gasteiger partial charge in [0.2, 0.25) is 5.91 Å². The summed E-state index contributed by atoms with van der Waals surface area (Å²) >= 11 is 0. The van der Waals surface area contributed by atoms with E-state index in [9.17, 15) is 9.59 Å². The number of hydrogen-bond acceptors (Lipinski definition) is 4. The van der Waals surface area contributed by atoms with Gasteiger partial charge in [-0.05, 0) is 44.0 Å². The predicted octanol–water partition coefficient (Wildman–Crippen LogP) is 3.61. The first kappa shape index (κ1) is 22.6. The van der Waals surface area contributed by atoms with Crippen molar-refractivity contribution in [1.29, 1.82) is 0 Å². The predicted molar refractivity (Wildman–Crippen MR) is 112 cm³/mol. The standard InChI is InChI=1S/C22H30N2O5/c1-5-28-21(29-6-2)16(4)24(20(25)15(3)23-22(26)27)14-18-12-9-11-17-10-7-8-13-19(17)18/h7-13,15-16,21,23H,5-6,14H2,1-4H3,(H,26,27)/t15-,16-/m0/s1. The molecule has 0 aliphatic carbocycles. The van der Waals surface area contributed by atoms with Crippen LogP contribution in [0.4, 0.5) is 4.79 Å². The molecule has 2 rings (SSSR count). The van der Waals surface area contributed by atoms with Crippen LogP contribution in [0.3, 0.4) is 0 Å². The maximum Gasteiger partial charge on any atom is 0.405 e. The van der Waals surface area contributed by atoms with Crippen LogP contribution in [0.2, 0.25) is 0 Å². The van der Waals surface area contributed by atoms with E-state index in [1.165, 1.54) is 6.92 Å². The Morgan fingerprint density at radius 2 is 1.66 bits per heavy atom. The molecule has 2 aromatic carbocycles. The van der Waals surface area contributed by atoms with Gasteiger partial charge in [-0.1, -0.05) is 42.5 Å². The minimum atomic E-state index is -1.24. The van der Waals surface area contributed by atoms with Gasteiger partial charge < -0.3 is 24.8 Å². The molecule has 29 heavy (non-hydrogen) atoms. The number of rotatable bonds is 10. The molecule has 0 fully saturated rings. The average Bonchev–Trinajstić information content (AvgIpc) is 2.70. The Kier molecular flexibility index (Phi) is 8.42. The quantitative estimate of drug-likeness (QED) is 0.593. The van der Waals surface area contributed by atoms with Crippen molar-refractivity contribution in [3.8, 4) is 0 Å². The van der Waals surface area contributed by atoms with E-state index in [4.69, 9.17) is 14.6 Å². The lowest BCUT2D eigenvalue weighted by atomic mass is 10.0. The molecule has 0 radical (unpaired) electrons. The van der Waals surface area contributed by atoms with Gasteiger partial charge in [0, 0.05) is 19.8 Å². The van der Waals surface area contributed by atoms with E-state index in [0.29, 0.717) is 19.8 Å². The zero-order chi connectivity index (χ0) is 21.4. The Labute approximate surface area is 171 Å². The first-order valence-electron chi connectivity index (χ1n) is 9.88. The Morgan fingerprint density at radius 1 is 1.03 bits per heavy atom. The Bertz CT molecular complexity index is 814. The summed E-state index contributed by atoms with van der Waals surface area (Å²) < 4.78 is 11.4. The summed E-state index contributed by atoms with van der Waals surface area (Å²) in [4.78, 5) is 25.8. The van der Waals surface area contributed by atoms with Crippen LogP contribution in [0.5, 0.6) is 0 Å². The molecule has 0 aliphatic heterocycles. The number of hydrogen-bond donors (Lipinski definition) is 2. The molecule has 2 amide bonds. The number of carbonyl (C=O) groups is 2. The zero-order valence-electron chi connectivity index (χ0n) is 17.4. The van der Waals surface area contributed by atoms with Crippen LogP contribution in [0.1, 0.15) is 33.3 Å². The highest BCUT2D eigenvalue weighted by atomic mass is 16.7. The molecule has 0 bridgehead atoms. The van der Waals surface area contributed by atoms with Crippen molar-refractivity contribution in [1.82, 2.24) is 10.2 Å². The third-order valence-electron chi connectivity index (χ3n) is 4.76. The molecular formula is C22H30N2O5. The fourth-order valence-corrected chi connectivity index (χ4v) is 3.33. The van der Waals surface area contributed by atoms with Crippen LogP contribution in [0, 0.1) is 0 Å². The number of benzene rings is 2. The summed E-state index contributed by atoms with van der Waals surface area (Å²) in [5.41, 5.74) is 0.970. The highest BCUT2D eigenvalue weighted by molar-refractivity contribution is 5.88. The van der Waals surface area contributed by atoms with Crippen LogP contribution < -0.4 is 5.32 Å². The second-order valence-corrected chi connectivity index (χ2v) is 6.80. The summed E-state index contributed by atoms with van der Waals surface area (Å²) in [5.74, 6) is -0.336. The van der Waals surface area contributed by atoms with E-state index in [-0.39, 0.29) is 5.91 Å². The fourth-order valence-electron chi connectivity index (χ4n) is 3.33. The Hall–Kier alpha value is -2.64. The summed E-state index contributed by atoms with van der Waals surface area (Å²) in [6.07, 6.45) is -1.85. The Morgan fingerprint density at radius 3 is 2.28 bits per heavy atom. The van der Waals surface area contributed by atoms with E-state index in [2.05, 4.69) is 5.32 Å². The van der Waals surface area contributed by atoms with Gasteiger partial charge in [-0.15, -0.1) is 0 Å². The van der Waals surface area contributed by atoms with Crippen LogP contribution >= 0.6 is 0 Å². The van der Waals surface area contributed by atoms with Gasteiger partial charge >= 0.3 is 6.09 Å². The highest BCUT2D eigenvalue weighted by Crippen LogP contribution is 2.23. The SMILES string of the molecule is CCOC(OCC)[C@H](C)N(Cc1cccc2ccccc12)C(=O)[C@H](C)NC(=O)O. The molecular weight excluding hydrogens is 372 g/mol. The molecule has 0 unspecified atom stereocenters. The minimum absolute atomic E-state index is 0.309. The number of fused-ring (bicyclic) bond motifs is 1. The van der Waals surface area contributed by atoms with Gasteiger partial charge in [0.15, 0.2) is 6.29 Å². The monoisotopic (exact) mass is 402 g/mol. The summed E-state index contributed by atoms with van der Waals surface area (Å²) in [5, 5.41) is 13.4. The largest absolute Gasteiger partial charge is 0.465 e. The van der Waals surface area contributed by atoms with Crippen LogP contribution in [-0.4, -0.2) is 53.6 Å². The number of nitrogens with zero attached hydrogens (tertiary/aromatic N) is 1. The maximum absolute atomic E-state index is 13.2. The third kappa shape index (κ3) is 5.92. The number of nitrogens with one attached hydrogen (secondary N) is 1. The van der Waals surface area contributed by atoms with Crippen molar-refractivity contribution < 1.29 is 24.2 Å². The molecule has 0 heterocycles. The lowest BCUT2D eigenvalue weighted by Gasteiger charge is -2.36. The second-order valence-electron chi connectivity index (χ2n) is 6.80. The van der Waals surface area contributed by atoms with Crippen molar-refractivity contribution in [2.24, 2.45) is 0 Å². The maximum atomic E-state index is 13.2. The smallest absolute Gasteiger partial charge is 0.405 e.